The van der Waals surface area contributed by atoms with Crippen LogP contribution in [-0.2, 0) is 9.47 Å². The lowest BCUT2D eigenvalue weighted by molar-refractivity contribution is -0.149. The van der Waals surface area contributed by atoms with Crippen molar-refractivity contribution in [1.82, 2.24) is 0 Å². The van der Waals surface area contributed by atoms with Crippen molar-refractivity contribution in [1.29, 1.82) is 0 Å². The molecule has 2 fully saturated rings. The molecule has 2 atom stereocenters. The van der Waals surface area contributed by atoms with Crippen molar-refractivity contribution >= 4 is 0 Å². The summed E-state index contributed by atoms with van der Waals surface area (Å²) in [6, 6.07) is 8.62. The summed E-state index contributed by atoms with van der Waals surface area (Å²) in [5.41, 5.74) is 9.19. The van der Waals surface area contributed by atoms with Gasteiger partial charge in [0.1, 0.15) is 0 Å². The second-order valence-corrected chi connectivity index (χ2v) is 6.28. The number of aryl methyl sites for hydroxylation is 1. The van der Waals surface area contributed by atoms with E-state index in [-0.39, 0.29) is 11.6 Å². The van der Waals surface area contributed by atoms with E-state index in [4.69, 9.17) is 15.2 Å². The predicted octanol–water partition coefficient (Wildman–Crippen LogP) is 2.97. The van der Waals surface area contributed by atoms with Crippen molar-refractivity contribution in [2.45, 2.75) is 44.2 Å². The molecule has 0 bridgehead atoms. The van der Waals surface area contributed by atoms with E-state index in [0.717, 1.165) is 45.5 Å². The molecule has 2 N–H and O–H groups in total. The maximum absolute atomic E-state index is 6.57. The fourth-order valence-electron chi connectivity index (χ4n) is 3.68. The van der Waals surface area contributed by atoms with Gasteiger partial charge < -0.3 is 15.2 Å². The maximum Gasteiger partial charge on any atom is 0.0729 e. The van der Waals surface area contributed by atoms with Gasteiger partial charge in [-0.05, 0) is 49.7 Å². The van der Waals surface area contributed by atoms with Crippen molar-refractivity contribution in [2.24, 2.45) is 11.7 Å². The molecule has 2 aliphatic rings. The van der Waals surface area contributed by atoms with Gasteiger partial charge in [-0.3, -0.25) is 0 Å². The highest BCUT2D eigenvalue weighted by molar-refractivity contribution is 5.29. The summed E-state index contributed by atoms with van der Waals surface area (Å²) in [4.78, 5) is 0. The molecule has 3 nitrogen and oxygen atoms in total. The van der Waals surface area contributed by atoms with E-state index in [1.807, 2.05) is 0 Å². The standard InChI is InChI=1S/C17H25NO2/c1-13-4-2-3-5-15(13)16(18)14-6-9-20-17(12-14)7-10-19-11-8-17/h2-5,14,16H,6-12,18H2,1H3. The van der Waals surface area contributed by atoms with Crippen LogP contribution in [0.25, 0.3) is 0 Å². The minimum Gasteiger partial charge on any atom is -0.381 e. The quantitative estimate of drug-likeness (QED) is 0.902. The lowest BCUT2D eigenvalue weighted by Crippen LogP contribution is -2.46. The Kier molecular flexibility index (Phi) is 4.11. The van der Waals surface area contributed by atoms with Crippen LogP contribution in [0.15, 0.2) is 24.3 Å². The molecule has 0 aromatic heterocycles. The van der Waals surface area contributed by atoms with Gasteiger partial charge in [-0.25, -0.2) is 0 Å². The zero-order valence-corrected chi connectivity index (χ0v) is 12.3. The lowest BCUT2D eigenvalue weighted by Gasteiger charge is -2.45. The Labute approximate surface area is 121 Å². The van der Waals surface area contributed by atoms with Crippen molar-refractivity contribution in [3.63, 3.8) is 0 Å². The number of nitrogens with two attached hydrogens (primary N) is 1. The second-order valence-electron chi connectivity index (χ2n) is 6.28. The third kappa shape index (κ3) is 2.76. The van der Waals surface area contributed by atoms with Gasteiger partial charge in [-0.15, -0.1) is 0 Å². The molecule has 3 rings (SSSR count). The third-order valence-electron chi connectivity index (χ3n) is 4.99. The zero-order chi connectivity index (χ0) is 14.0. The monoisotopic (exact) mass is 275 g/mol. The summed E-state index contributed by atoms with van der Waals surface area (Å²) in [5, 5.41) is 0. The normalized spacial score (nSPS) is 27.4. The van der Waals surface area contributed by atoms with Gasteiger partial charge in [0.15, 0.2) is 0 Å². The zero-order valence-electron chi connectivity index (χ0n) is 12.3. The number of hydrogen-bond acceptors (Lipinski definition) is 3. The van der Waals surface area contributed by atoms with Crippen molar-refractivity contribution < 1.29 is 9.47 Å². The smallest absolute Gasteiger partial charge is 0.0729 e. The Morgan fingerprint density at radius 1 is 1.20 bits per heavy atom. The van der Waals surface area contributed by atoms with Crippen molar-refractivity contribution in [2.75, 3.05) is 19.8 Å². The van der Waals surface area contributed by atoms with E-state index in [9.17, 15) is 0 Å². The number of hydrogen-bond donors (Lipinski definition) is 1. The summed E-state index contributed by atoms with van der Waals surface area (Å²) in [6.45, 7) is 4.64. The van der Waals surface area contributed by atoms with Gasteiger partial charge >= 0.3 is 0 Å². The Morgan fingerprint density at radius 3 is 2.70 bits per heavy atom. The summed E-state index contributed by atoms with van der Waals surface area (Å²) < 4.78 is 11.6. The predicted molar refractivity (Wildman–Crippen MR) is 79.6 cm³/mol. The van der Waals surface area contributed by atoms with E-state index in [1.54, 1.807) is 0 Å². The van der Waals surface area contributed by atoms with Crippen LogP contribution in [0.1, 0.15) is 42.9 Å². The van der Waals surface area contributed by atoms with Crippen molar-refractivity contribution in [3.05, 3.63) is 35.4 Å². The molecule has 2 heterocycles. The molecule has 2 aliphatic heterocycles. The highest BCUT2D eigenvalue weighted by Gasteiger charge is 2.40. The van der Waals surface area contributed by atoms with Crippen LogP contribution in [-0.4, -0.2) is 25.4 Å². The highest BCUT2D eigenvalue weighted by atomic mass is 16.5. The minimum atomic E-state index is 0.0292. The topological polar surface area (TPSA) is 44.5 Å². The van der Waals surface area contributed by atoms with Crippen LogP contribution in [0.2, 0.25) is 0 Å². The SMILES string of the molecule is Cc1ccccc1C(N)C1CCOC2(CCOCC2)C1. The van der Waals surface area contributed by atoms with Crippen molar-refractivity contribution in [3.8, 4) is 0 Å². The fourth-order valence-corrected chi connectivity index (χ4v) is 3.68. The maximum atomic E-state index is 6.57. The average Bonchev–Trinajstić information content (AvgIpc) is 2.48. The highest BCUT2D eigenvalue weighted by Crippen LogP contribution is 2.41. The molecule has 0 saturated carbocycles. The Hall–Kier alpha value is -0.900. The molecule has 3 heteroatoms. The first-order valence-electron chi connectivity index (χ1n) is 7.73. The van der Waals surface area contributed by atoms with Crippen LogP contribution in [0.4, 0.5) is 0 Å². The summed E-state index contributed by atoms with van der Waals surface area (Å²) >= 11 is 0. The molecule has 20 heavy (non-hydrogen) atoms. The summed E-state index contributed by atoms with van der Waals surface area (Å²) in [6.07, 6.45) is 4.18. The van der Waals surface area contributed by atoms with Gasteiger partial charge in [0, 0.05) is 25.9 Å². The molecule has 0 radical (unpaired) electrons. The molecule has 1 aromatic carbocycles. The number of benzene rings is 1. The van der Waals surface area contributed by atoms with Gasteiger partial charge in [0.2, 0.25) is 0 Å². The van der Waals surface area contributed by atoms with Gasteiger partial charge in [0.05, 0.1) is 5.60 Å². The third-order valence-corrected chi connectivity index (χ3v) is 4.99. The van der Waals surface area contributed by atoms with Gasteiger partial charge in [-0.2, -0.15) is 0 Å². The first-order valence-corrected chi connectivity index (χ1v) is 7.73. The molecular formula is C17H25NO2. The van der Waals surface area contributed by atoms with Crippen LogP contribution in [0.5, 0.6) is 0 Å². The Morgan fingerprint density at radius 2 is 1.95 bits per heavy atom. The largest absolute Gasteiger partial charge is 0.381 e. The second kappa shape index (κ2) is 5.84. The molecule has 110 valence electrons. The number of ether oxygens (including phenoxy) is 2. The number of rotatable bonds is 2. The van der Waals surface area contributed by atoms with E-state index in [1.165, 1.54) is 11.1 Å². The summed E-state index contributed by atoms with van der Waals surface area (Å²) in [5.74, 6) is 0.517. The van der Waals surface area contributed by atoms with Crippen LogP contribution < -0.4 is 5.73 Å². The molecule has 0 amide bonds. The molecule has 0 aliphatic carbocycles. The van der Waals surface area contributed by atoms with Gasteiger partial charge in [0.25, 0.3) is 0 Å². The molecule has 1 aromatic rings. The molecule has 1 spiro atoms. The van der Waals surface area contributed by atoms with E-state index >= 15 is 0 Å². The Bertz CT molecular complexity index is 449. The first kappa shape index (κ1) is 14.1. The molecule has 2 unspecified atom stereocenters. The first-order chi connectivity index (χ1) is 9.70. The fraction of sp³-hybridized carbons (Fsp3) is 0.647. The van der Waals surface area contributed by atoms with Crippen LogP contribution in [0, 0.1) is 12.8 Å². The van der Waals surface area contributed by atoms with E-state index in [0.29, 0.717) is 5.92 Å². The van der Waals surface area contributed by atoms with Crippen LogP contribution in [0.3, 0.4) is 0 Å². The van der Waals surface area contributed by atoms with E-state index < -0.39 is 0 Å². The van der Waals surface area contributed by atoms with E-state index in [2.05, 4.69) is 31.2 Å². The summed E-state index contributed by atoms with van der Waals surface area (Å²) in [7, 11) is 0. The molecule has 2 saturated heterocycles. The Balaban J connectivity index is 1.75. The molecular weight excluding hydrogens is 250 g/mol. The van der Waals surface area contributed by atoms with Crippen LogP contribution >= 0.6 is 0 Å². The van der Waals surface area contributed by atoms with Gasteiger partial charge in [-0.1, -0.05) is 24.3 Å². The average molecular weight is 275 g/mol. The minimum absolute atomic E-state index is 0.0292. The lowest BCUT2D eigenvalue weighted by atomic mass is 9.76.